The first-order valence-electron chi connectivity index (χ1n) is 8.19. The van der Waals surface area contributed by atoms with Crippen molar-refractivity contribution >= 4 is 36.9 Å². The topological polar surface area (TPSA) is 106 Å². The molecule has 0 saturated heterocycles. The lowest BCUT2D eigenvalue weighted by Gasteiger charge is -2.30. The number of aliphatic hydroxyl groups is 1. The predicted octanol–water partition coefficient (Wildman–Crippen LogP) is 2.90. The number of ether oxygens (including phenoxy) is 2. The van der Waals surface area contributed by atoms with E-state index in [0.29, 0.717) is 11.8 Å². The summed E-state index contributed by atoms with van der Waals surface area (Å²) in [6, 6.07) is 1.80. The van der Waals surface area contributed by atoms with Crippen molar-refractivity contribution in [2.24, 2.45) is 0 Å². The molecule has 0 radical (unpaired) electrons. The summed E-state index contributed by atoms with van der Waals surface area (Å²) >= 11 is 0. The van der Waals surface area contributed by atoms with Gasteiger partial charge in [-0.3, -0.25) is 0 Å². The molecule has 1 fully saturated rings. The van der Waals surface area contributed by atoms with Crippen LogP contribution in [0.3, 0.4) is 0 Å². The van der Waals surface area contributed by atoms with Gasteiger partial charge in [-0.2, -0.15) is 4.98 Å². The lowest BCUT2D eigenvalue weighted by Crippen LogP contribution is -2.42. The summed E-state index contributed by atoms with van der Waals surface area (Å²) < 4.78 is 11.1. The zero-order chi connectivity index (χ0) is 17.6. The maximum absolute atomic E-state index is 11.8. The predicted molar refractivity (Wildman–Crippen MR) is 103 cm³/mol. The molecular formula is C16H28Cl2N4O4. The Labute approximate surface area is 166 Å². The molecule has 1 amide bonds. The molecule has 0 unspecified atom stereocenters. The third kappa shape index (κ3) is 8.73. The summed E-state index contributed by atoms with van der Waals surface area (Å²) in [6.07, 6.45) is 4.57. The highest BCUT2D eigenvalue weighted by molar-refractivity contribution is 5.85. The third-order valence-electron chi connectivity index (χ3n) is 3.55. The van der Waals surface area contributed by atoms with E-state index in [1.807, 2.05) is 20.8 Å². The van der Waals surface area contributed by atoms with Gasteiger partial charge in [0.15, 0.2) is 0 Å². The monoisotopic (exact) mass is 410 g/mol. The van der Waals surface area contributed by atoms with E-state index in [4.69, 9.17) is 14.6 Å². The zero-order valence-electron chi connectivity index (χ0n) is 15.2. The molecule has 10 heteroatoms. The molecular weight excluding hydrogens is 383 g/mol. The molecule has 1 aliphatic rings. The number of nitrogens with zero attached hydrogens (tertiary/aromatic N) is 2. The van der Waals surface area contributed by atoms with Crippen LogP contribution in [0, 0.1) is 0 Å². The maximum atomic E-state index is 11.8. The van der Waals surface area contributed by atoms with E-state index >= 15 is 0 Å². The average Bonchev–Trinajstić information content (AvgIpc) is 2.48. The molecule has 0 aromatic carbocycles. The average molecular weight is 411 g/mol. The largest absolute Gasteiger partial charge is 0.474 e. The fourth-order valence-corrected chi connectivity index (χ4v) is 2.53. The SMILES string of the molecule is CC(C)(C)OC(=O)NC1CCC(Oc2ccnc(NCO)n2)CC1.Cl.Cl. The first-order chi connectivity index (χ1) is 11.4. The summed E-state index contributed by atoms with van der Waals surface area (Å²) in [4.78, 5) is 19.9. The van der Waals surface area contributed by atoms with Crippen LogP contribution >= 0.6 is 24.8 Å². The van der Waals surface area contributed by atoms with Crippen LogP contribution in [-0.2, 0) is 4.74 Å². The lowest BCUT2D eigenvalue weighted by molar-refractivity contribution is 0.0469. The minimum atomic E-state index is -0.488. The number of carbonyl (C=O) groups is 1. The molecule has 1 saturated carbocycles. The van der Waals surface area contributed by atoms with Crippen molar-refractivity contribution in [1.29, 1.82) is 0 Å². The van der Waals surface area contributed by atoms with Gasteiger partial charge < -0.3 is 25.2 Å². The van der Waals surface area contributed by atoms with Gasteiger partial charge in [-0.1, -0.05) is 0 Å². The summed E-state index contributed by atoms with van der Waals surface area (Å²) in [5, 5.41) is 14.4. The number of hydrogen-bond donors (Lipinski definition) is 3. The van der Waals surface area contributed by atoms with E-state index in [-0.39, 0.29) is 49.8 Å². The van der Waals surface area contributed by atoms with Gasteiger partial charge in [0.1, 0.15) is 18.4 Å². The summed E-state index contributed by atoms with van der Waals surface area (Å²) in [5.41, 5.74) is -0.488. The molecule has 3 N–H and O–H groups in total. The molecule has 0 aliphatic heterocycles. The van der Waals surface area contributed by atoms with Crippen LogP contribution < -0.4 is 15.4 Å². The second-order valence-electron chi connectivity index (χ2n) is 6.79. The van der Waals surface area contributed by atoms with Crippen molar-refractivity contribution in [2.45, 2.75) is 64.2 Å². The highest BCUT2D eigenvalue weighted by Gasteiger charge is 2.25. The number of aliphatic hydroxyl groups excluding tert-OH is 1. The van der Waals surface area contributed by atoms with Gasteiger partial charge in [0.05, 0.1) is 0 Å². The molecule has 26 heavy (non-hydrogen) atoms. The third-order valence-corrected chi connectivity index (χ3v) is 3.55. The van der Waals surface area contributed by atoms with Crippen molar-refractivity contribution in [1.82, 2.24) is 15.3 Å². The van der Waals surface area contributed by atoms with Crippen molar-refractivity contribution < 1.29 is 19.4 Å². The van der Waals surface area contributed by atoms with Gasteiger partial charge >= 0.3 is 6.09 Å². The number of anilines is 1. The van der Waals surface area contributed by atoms with Crippen molar-refractivity contribution in [2.75, 3.05) is 12.0 Å². The van der Waals surface area contributed by atoms with Gasteiger partial charge in [0.25, 0.3) is 0 Å². The first kappa shape index (κ1) is 24.5. The molecule has 150 valence electrons. The van der Waals surface area contributed by atoms with E-state index in [1.165, 1.54) is 0 Å². The van der Waals surface area contributed by atoms with Gasteiger partial charge in [0.2, 0.25) is 11.8 Å². The Kier molecular flexibility index (Phi) is 10.6. The quantitative estimate of drug-likeness (QED) is 0.640. The second kappa shape index (κ2) is 11.3. The Balaban J connectivity index is 0.00000312. The van der Waals surface area contributed by atoms with Gasteiger partial charge in [-0.15, -0.1) is 24.8 Å². The van der Waals surface area contributed by atoms with Crippen LogP contribution in [0.4, 0.5) is 10.7 Å². The van der Waals surface area contributed by atoms with Crippen molar-refractivity contribution in [3.8, 4) is 5.88 Å². The molecule has 8 nitrogen and oxygen atoms in total. The molecule has 1 aliphatic carbocycles. The number of nitrogens with one attached hydrogen (secondary N) is 2. The summed E-state index contributed by atoms with van der Waals surface area (Å²) in [7, 11) is 0. The van der Waals surface area contributed by atoms with Crippen LogP contribution in [0.2, 0.25) is 0 Å². The Hall–Kier alpha value is -1.51. The number of aromatic nitrogens is 2. The molecule has 1 aromatic rings. The number of amides is 1. The second-order valence-corrected chi connectivity index (χ2v) is 6.79. The maximum Gasteiger partial charge on any atom is 0.407 e. The normalized spacial score (nSPS) is 19.4. The van der Waals surface area contributed by atoms with Crippen LogP contribution in [0.15, 0.2) is 12.3 Å². The van der Waals surface area contributed by atoms with Crippen molar-refractivity contribution in [3.05, 3.63) is 12.3 Å². The van der Waals surface area contributed by atoms with Crippen molar-refractivity contribution in [3.63, 3.8) is 0 Å². The number of halogens is 2. The molecule has 1 aromatic heterocycles. The van der Waals surface area contributed by atoms with E-state index < -0.39 is 5.60 Å². The molecule has 1 heterocycles. The Morgan fingerprint density at radius 3 is 2.50 bits per heavy atom. The van der Waals surface area contributed by atoms with Gasteiger partial charge in [-0.05, 0) is 46.5 Å². The fraction of sp³-hybridized carbons (Fsp3) is 0.688. The fourth-order valence-electron chi connectivity index (χ4n) is 2.53. The standard InChI is InChI=1S/C16H26N4O4.2ClH/c1-16(2,3)24-15(22)19-11-4-6-12(7-5-11)23-13-8-9-17-14(20-13)18-10-21;;/h8-9,11-12,21H,4-7,10H2,1-3H3,(H,19,22)(H,17,18,20);2*1H. The van der Waals surface area contributed by atoms with Gasteiger partial charge in [0, 0.05) is 18.3 Å². The van der Waals surface area contributed by atoms with E-state index in [2.05, 4.69) is 20.6 Å². The van der Waals surface area contributed by atoms with Gasteiger partial charge in [-0.25, -0.2) is 9.78 Å². The minimum absolute atomic E-state index is 0. The Morgan fingerprint density at radius 1 is 1.27 bits per heavy atom. The number of hydrogen-bond acceptors (Lipinski definition) is 7. The van der Waals surface area contributed by atoms with Crippen LogP contribution in [-0.4, -0.2) is 45.6 Å². The molecule has 2 rings (SSSR count). The summed E-state index contributed by atoms with van der Waals surface area (Å²) in [5.74, 6) is 0.805. The lowest BCUT2D eigenvalue weighted by atomic mass is 9.93. The van der Waals surface area contributed by atoms with E-state index in [9.17, 15) is 4.79 Å². The molecule has 0 spiro atoms. The van der Waals surface area contributed by atoms with Crippen LogP contribution in [0.25, 0.3) is 0 Å². The number of rotatable bonds is 5. The van der Waals surface area contributed by atoms with E-state index in [0.717, 1.165) is 25.7 Å². The van der Waals surface area contributed by atoms with Crippen LogP contribution in [0.1, 0.15) is 46.5 Å². The zero-order valence-corrected chi connectivity index (χ0v) is 16.9. The highest BCUT2D eigenvalue weighted by Crippen LogP contribution is 2.23. The Bertz CT molecular complexity index is 549. The molecule has 0 bridgehead atoms. The Morgan fingerprint density at radius 2 is 1.92 bits per heavy atom. The highest BCUT2D eigenvalue weighted by atomic mass is 35.5. The number of alkyl carbamates (subject to hydrolysis) is 1. The van der Waals surface area contributed by atoms with Crippen LogP contribution in [0.5, 0.6) is 5.88 Å². The molecule has 0 atom stereocenters. The smallest absolute Gasteiger partial charge is 0.407 e. The summed E-state index contributed by atoms with van der Waals surface area (Å²) in [6.45, 7) is 5.31. The minimum Gasteiger partial charge on any atom is -0.474 e. The first-order valence-corrected chi connectivity index (χ1v) is 8.19. The van der Waals surface area contributed by atoms with E-state index in [1.54, 1.807) is 12.3 Å². The number of carbonyl (C=O) groups excluding carboxylic acids is 1.